The molecule has 0 saturated heterocycles. The predicted octanol–water partition coefficient (Wildman–Crippen LogP) is 3.74. The van der Waals surface area contributed by atoms with Crippen molar-refractivity contribution in [1.29, 1.82) is 0 Å². The van der Waals surface area contributed by atoms with Gasteiger partial charge < -0.3 is 14.4 Å². The third-order valence-corrected chi connectivity index (χ3v) is 4.91. The van der Waals surface area contributed by atoms with Gasteiger partial charge in [0.15, 0.2) is 13.2 Å². The van der Waals surface area contributed by atoms with Crippen LogP contribution in [0.15, 0.2) is 66.7 Å². The number of hydrogen-bond acceptors (Lipinski definition) is 4. The van der Waals surface area contributed by atoms with Gasteiger partial charge >= 0.3 is 5.97 Å². The summed E-state index contributed by atoms with van der Waals surface area (Å²) in [5.74, 6) is -0.206. The fraction of sp³-hybridized carbons (Fsp3) is 0.217. The first-order valence-electron chi connectivity index (χ1n) is 9.29. The maximum absolute atomic E-state index is 12.6. The maximum Gasteiger partial charge on any atom is 0.344 e. The zero-order valence-corrected chi connectivity index (χ0v) is 15.6. The van der Waals surface area contributed by atoms with Gasteiger partial charge in [0, 0.05) is 11.7 Å². The van der Waals surface area contributed by atoms with Gasteiger partial charge in [0.05, 0.1) is 0 Å². The zero-order valence-electron chi connectivity index (χ0n) is 15.6. The molecule has 0 aromatic heterocycles. The number of rotatable bonds is 5. The summed E-state index contributed by atoms with van der Waals surface area (Å²) in [5.41, 5.74) is 2.03. The minimum atomic E-state index is -0.568. The molecule has 1 atom stereocenters. The first-order chi connectivity index (χ1) is 13.6. The van der Waals surface area contributed by atoms with E-state index in [9.17, 15) is 9.59 Å². The van der Waals surface area contributed by atoms with Crippen molar-refractivity contribution in [3.05, 3.63) is 72.3 Å². The van der Waals surface area contributed by atoms with Gasteiger partial charge in [-0.3, -0.25) is 4.79 Å². The van der Waals surface area contributed by atoms with E-state index in [0.29, 0.717) is 5.75 Å². The van der Waals surface area contributed by atoms with Crippen molar-refractivity contribution in [3.8, 4) is 5.75 Å². The highest BCUT2D eigenvalue weighted by atomic mass is 16.6. The van der Waals surface area contributed by atoms with E-state index in [0.717, 1.165) is 28.4 Å². The molecule has 28 heavy (non-hydrogen) atoms. The lowest BCUT2D eigenvalue weighted by atomic mass is 10.1. The number of fused-ring (bicyclic) bond motifs is 2. The Morgan fingerprint density at radius 2 is 1.71 bits per heavy atom. The van der Waals surface area contributed by atoms with Crippen LogP contribution in [0.4, 0.5) is 5.69 Å². The quantitative estimate of drug-likeness (QED) is 0.638. The molecular weight excluding hydrogens is 354 g/mol. The second kappa shape index (κ2) is 7.72. The molecule has 1 aliphatic rings. The summed E-state index contributed by atoms with van der Waals surface area (Å²) in [4.78, 5) is 26.3. The molecule has 3 aromatic carbocycles. The van der Waals surface area contributed by atoms with E-state index in [1.807, 2.05) is 73.7 Å². The third-order valence-electron chi connectivity index (χ3n) is 4.91. The number of anilines is 1. The van der Waals surface area contributed by atoms with Crippen molar-refractivity contribution in [1.82, 2.24) is 0 Å². The smallest absolute Gasteiger partial charge is 0.344 e. The highest BCUT2D eigenvalue weighted by molar-refractivity contribution is 5.97. The molecule has 1 heterocycles. The van der Waals surface area contributed by atoms with Crippen molar-refractivity contribution in [2.45, 2.75) is 19.4 Å². The van der Waals surface area contributed by atoms with Gasteiger partial charge in [0.25, 0.3) is 5.91 Å². The van der Waals surface area contributed by atoms with Crippen LogP contribution in [0.3, 0.4) is 0 Å². The summed E-state index contributed by atoms with van der Waals surface area (Å²) >= 11 is 0. The van der Waals surface area contributed by atoms with E-state index >= 15 is 0 Å². The van der Waals surface area contributed by atoms with Gasteiger partial charge in [-0.25, -0.2) is 4.79 Å². The molecule has 142 valence electrons. The van der Waals surface area contributed by atoms with Crippen molar-refractivity contribution < 1.29 is 19.1 Å². The first kappa shape index (κ1) is 18.0. The van der Waals surface area contributed by atoms with E-state index in [-0.39, 0.29) is 25.2 Å². The molecule has 0 spiro atoms. The normalized spacial score (nSPS) is 15.3. The number of para-hydroxylation sites is 1. The Kier molecular flexibility index (Phi) is 4.98. The molecule has 5 nitrogen and oxygen atoms in total. The van der Waals surface area contributed by atoms with Gasteiger partial charge in [-0.05, 0) is 47.9 Å². The zero-order chi connectivity index (χ0) is 19.5. The molecule has 5 heteroatoms. The van der Waals surface area contributed by atoms with Gasteiger partial charge in [-0.15, -0.1) is 0 Å². The number of nitrogens with zero attached hydrogens (tertiary/aromatic N) is 1. The van der Waals surface area contributed by atoms with Crippen LogP contribution in [0.2, 0.25) is 0 Å². The number of carbonyl (C=O) groups excluding carboxylic acids is 2. The molecule has 0 saturated carbocycles. The largest absolute Gasteiger partial charge is 0.482 e. The predicted molar refractivity (Wildman–Crippen MR) is 107 cm³/mol. The average Bonchev–Trinajstić information content (AvgIpc) is 3.06. The SMILES string of the molecule is C[C@@H]1Cc2ccccc2N1C(=O)COC(=O)COc1ccc2ccccc2c1. The molecule has 1 aliphatic heterocycles. The van der Waals surface area contributed by atoms with Gasteiger partial charge in [-0.1, -0.05) is 48.5 Å². The van der Waals surface area contributed by atoms with E-state index in [4.69, 9.17) is 9.47 Å². The molecule has 0 N–H and O–H groups in total. The van der Waals surface area contributed by atoms with Crippen LogP contribution in [0.5, 0.6) is 5.75 Å². The Labute approximate surface area is 163 Å². The summed E-state index contributed by atoms with van der Waals surface area (Å²) in [7, 11) is 0. The second-order valence-electron chi connectivity index (χ2n) is 6.90. The highest BCUT2D eigenvalue weighted by Gasteiger charge is 2.30. The molecule has 4 rings (SSSR count). The molecule has 1 amide bonds. The topological polar surface area (TPSA) is 55.8 Å². The number of esters is 1. The fourth-order valence-corrected chi connectivity index (χ4v) is 3.60. The third kappa shape index (κ3) is 3.69. The fourth-order valence-electron chi connectivity index (χ4n) is 3.60. The van der Waals surface area contributed by atoms with Gasteiger partial charge in [0.2, 0.25) is 0 Å². The summed E-state index contributed by atoms with van der Waals surface area (Å²) in [5, 5.41) is 2.13. The van der Waals surface area contributed by atoms with Gasteiger partial charge in [0.1, 0.15) is 5.75 Å². The maximum atomic E-state index is 12.6. The molecule has 0 unspecified atom stereocenters. The van der Waals surface area contributed by atoms with Crippen LogP contribution in [0.25, 0.3) is 10.8 Å². The number of carbonyl (C=O) groups is 2. The number of hydrogen-bond donors (Lipinski definition) is 0. The van der Waals surface area contributed by atoms with Crippen LogP contribution in [-0.2, 0) is 20.7 Å². The summed E-state index contributed by atoms with van der Waals surface area (Å²) in [6.45, 7) is 1.46. The Morgan fingerprint density at radius 3 is 2.57 bits per heavy atom. The van der Waals surface area contributed by atoms with Gasteiger partial charge in [-0.2, -0.15) is 0 Å². The molecule has 0 aliphatic carbocycles. The first-order valence-corrected chi connectivity index (χ1v) is 9.29. The molecular formula is C23H21NO4. The average molecular weight is 375 g/mol. The number of amides is 1. The van der Waals surface area contributed by atoms with E-state index < -0.39 is 5.97 Å². The van der Waals surface area contributed by atoms with Crippen LogP contribution in [0.1, 0.15) is 12.5 Å². The minimum absolute atomic E-state index is 0.0532. The van der Waals surface area contributed by atoms with Crippen molar-refractivity contribution in [3.63, 3.8) is 0 Å². The van der Waals surface area contributed by atoms with Crippen LogP contribution in [0, 0.1) is 0 Å². The minimum Gasteiger partial charge on any atom is -0.482 e. The standard InChI is InChI=1S/C23H21NO4/c1-16-12-19-8-4-5-9-21(19)24(16)22(25)14-28-23(26)15-27-20-11-10-17-6-2-3-7-18(17)13-20/h2-11,13,16H,12,14-15H2,1H3/t16-/m1/s1. The monoisotopic (exact) mass is 375 g/mol. The van der Waals surface area contributed by atoms with Crippen LogP contribution in [-0.4, -0.2) is 31.1 Å². The molecule has 0 bridgehead atoms. The van der Waals surface area contributed by atoms with Crippen LogP contribution >= 0.6 is 0 Å². The highest BCUT2D eigenvalue weighted by Crippen LogP contribution is 2.31. The van der Waals surface area contributed by atoms with E-state index in [1.165, 1.54) is 0 Å². The summed E-state index contributed by atoms with van der Waals surface area (Å²) in [6.07, 6.45) is 0.806. The lowest BCUT2D eigenvalue weighted by Gasteiger charge is -2.22. The Bertz CT molecular complexity index is 1030. The van der Waals surface area contributed by atoms with E-state index in [1.54, 1.807) is 4.90 Å². The lowest BCUT2D eigenvalue weighted by molar-refractivity contribution is -0.149. The summed E-state index contributed by atoms with van der Waals surface area (Å²) in [6, 6.07) is 21.4. The Hall–Kier alpha value is -3.34. The molecule has 0 radical (unpaired) electrons. The lowest BCUT2D eigenvalue weighted by Crippen LogP contribution is -2.39. The summed E-state index contributed by atoms with van der Waals surface area (Å²) < 4.78 is 10.6. The van der Waals surface area contributed by atoms with Crippen molar-refractivity contribution >= 4 is 28.3 Å². The Balaban J connectivity index is 1.31. The number of ether oxygens (including phenoxy) is 2. The van der Waals surface area contributed by atoms with Crippen molar-refractivity contribution in [2.24, 2.45) is 0 Å². The molecule has 0 fully saturated rings. The van der Waals surface area contributed by atoms with Crippen LogP contribution < -0.4 is 9.64 Å². The Morgan fingerprint density at radius 1 is 0.964 bits per heavy atom. The number of benzene rings is 3. The van der Waals surface area contributed by atoms with Crippen molar-refractivity contribution in [2.75, 3.05) is 18.1 Å². The molecule has 3 aromatic rings. The second-order valence-corrected chi connectivity index (χ2v) is 6.90. The van der Waals surface area contributed by atoms with E-state index in [2.05, 4.69) is 0 Å².